The SMILES string of the molecule is CCS(=O)c1ccc(NC)nc1-c1nc2cc(C(F)(F)F)n(C3CC3)c(=O)c2n1C. The highest BCUT2D eigenvalue weighted by Crippen LogP contribution is 2.40. The van der Waals surface area contributed by atoms with Crippen LogP contribution in [0.25, 0.3) is 22.6 Å². The van der Waals surface area contributed by atoms with Crippen molar-refractivity contribution < 1.29 is 17.4 Å². The molecule has 0 amide bonds. The quantitative estimate of drug-likeness (QED) is 0.660. The summed E-state index contributed by atoms with van der Waals surface area (Å²) in [5.74, 6) is 1.02. The van der Waals surface area contributed by atoms with Crippen molar-refractivity contribution in [3.05, 3.63) is 34.2 Å². The number of anilines is 1. The number of halogens is 3. The maximum Gasteiger partial charge on any atom is 0.431 e. The van der Waals surface area contributed by atoms with Gasteiger partial charge in [0, 0.05) is 25.9 Å². The maximum atomic E-state index is 13.6. The monoisotopic (exact) mass is 439 g/mol. The second-order valence-electron chi connectivity index (χ2n) is 7.09. The molecule has 3 aromatic heterocycles. The van der Waals surface area contributed by atoms with Gasteiger partial charge in [0.15, 0.2) is 5.82 Å². The number of nitrogens with zero attached hydrogens (tertiary/aromatic N) is 4. The molecule has 1 aliphatic rings. The molecule has 0 radical (unpaired) electrons. The number of pyridine rings is 2. The minimum Gasteiger partial charge on any atom is -0.373 e. The summed E-state index contributed by atoms with van der Waals surface area (Å²) in [5, 5.41) is 2.89. The predicted molar refractivity (Wildman–Crippen MR) is 108 cm³/mol. The largest absolute Gasteiger partial charge is 0.431 e. The molecule has 7 nitrogen and oxygen atoms in total. The summed E-state index contributed by atoms with van der Waals surface area (Å²) in [5.41, 5.74) is -1.46. The molecule has 3 heterocycles. The van der Waals surface area contributed by atoms with E-state index in [1.54, 1.807) is 33.2 Å². The molecular weight excluding hydrogens is 419 g/mol. The molecule has 0 saturated heterocycles. The molecule has 0 spiro atoms. The van der Waals surface area contributed by atoms with E-state index in [1.807, 2.05) is 0 Å². The van der Waals surface area contributed by atoms with Crippen LogP contribution in [-0.4, -0.2) is 36.1 Å². The van der Waals surface area contributed by atoms with Gasteiger partial charge in [0.25, 0.3) is 5.56 Å². The third-order valence-electron chi connectivity index (χ3n) is 5.11. The first-order chi connectivity index (χ1) is 14.2. The molecule has 11 heteroatoms. The van der Waals surface area contributed by atoms with Crippen LogP contribution >= 0.6 is 0 Å². The van der Waals surface area contributed by atoms with Gasteiger partial charge in [-0.1, -0.05) is 6.92 Å². The van der Waals surface area contributed by atoms with Crippen LogP contribution < -0.4 is 10.9 Å². The molecule has 4 rings (SSSR count). The third-order valence-corrected chi connectivity index (χ3v) is 6.46. The fourth-order valence-corrected chi connectivity index (χ4v) is 4.39. The van der Waals surface area contributed by atoms with E-state index in [4.69, 9.17) is 0 Å². The lowest BCUT2D eigenvalue weighted by Gasteiger charge is -2.15. The van der Waals surface area contributed by atoms with Crippen molar-refractivity contribution in [1.82, 2.24) is 19.1 Å². The van der Waals surface area contributed by atoms with E-state index < -0.39 is 34.3 Å². The normalized spacial score (nSPS) is 15.5. The maximum absolute atomic E-state index is 13.6. The zero-order valence-electron chi connectivity index (χ0n) is 16.6. The Morgan fingerprint density at radius 1 is 1.27 bits per heavy atom. The molecule has 0 aromatic carbocycles. The zero-order chi connectivity index (χ0) is 21.8. The molecule has 160 valence electrons. The van der Waals surface area contributed by atoms with E-state index in [0.717, 1.165) is 10.6 Å². The van der Waals surface area contributed by atoms with Gasteiger partial charge in [-0.3, -0.25) is 13.6 Å². The van der Waals surface area contributed by atoms with Crippen LogP contribution in [0.2, 0.25) is 0 Å². The van der Waals surface area contributed by atoms with Crippen LogP contribution in [0.5, 0.6) is 0 Å². The van der Waals surface area contributed by atoms with Gasteiger partial charge >= 0.3 is 6.18 Å². The standard InChI is InChI=1S/C19H20F3N5O2S/c1-4-30(29)12-7-8-14(23-2)25-15(12)17-24-11-9-13(19(20,21)22)27(10-5-6-10)18(28)16(11)26(17)3/h7-10H,4-6H2,1-3H3,(H,23,25). The zero-order valence-corrected chi connectivity index (χ0v) is 17.4. The Morgan fingerprint density at radius 3 is 2.53 bits per heavy atom. The van der Waals surface area contributed by atoms with Crippen LogP contribution in [-0.2, 0) is 24.0 Å². The summed E-state index contributed by atoms with van der Waals surface area (Å²) in [7, 11) is 1.85. The second-order valence-corrected chi connectivity index (χ2v) is 8.80. The van der Waals surface area contributed by atoms with Gasteiger partial charge in [0.1, 0.15) is 22.7 Å². The van der Waals surface area contributed by atoms with Crippen LogP contribution in [0.1, 0.15) is 31.5 Å². The number of imidazole rings is 1. The summed E-state index contributed by atoms with van der Waals surface area (Å²) in [6.07, 6.45) is -3.61. The molecule has 3 aromatic rings. The lowest BCUT2D eigenvalue weighted by Crippen LogP contribution is -2.28. The van der Waals surface area contributed by atoms with Crippen LogP contribution in [0.15, 0.2) is 27.9 Å². The summed E-state index contributed by atoms with van der Waals surface area (Å²) in [6, 6.07) is 3.77. The third kappa shape index (κ3) is 3.30. The molecule has 1 atom stereocenters. The van der Waals surface area contributed by atoms with Gasteiger partial charge in [-0.25, -0.2) is 9.97 Å². The van der Waals surface area contributed by atoms with Crippen molar-refractivity contribution in [2.45, 2.75) is 36.9 Å². The number of fused-ring (bicyclic) bond motifs is 1. The first-order valence-corrected chi connectivity index (χ1v) is 10.8. The van der Waals surface area contributed by atoms with Crippen molar-refractivity contribution in [3.8, 4) is 11.5 Å². The first kappa shape index (κ1) is 20.6. The summed E-state index contributed by atoms with van der Waals surface area (Å²) in [6.45, 7) is 1.75. The number of rotatable bonds is 5. The van der Waals surface area contributed by atoms with E-state index >= 15 is 0 Å². The van der Waals surface area contributed by atoms with Crippen molar-refractivity contribution >= 4 is 27.7 Å². The minimum absolute atomic E-state index is 0.0633. The van der Waals surface area contributed by atoms with Crippen molar-refractivity contribution in [2.24, 2.45) is 7.05 Å². The Balaban J connectivity index is 2.04. The summed E-state index contributed by atoms with van der Waals surface area (Å²) < 4.78 is 55.7. The van der Waals surface area contributed by atoms with Crippen LogP contribution in [0, 0.1) is 0 Å². The molecular formula is C19H20F3N5O2S. The fourth-order valence-electron chi connectivity index (χ4n) is 3.51. The van der Waals surface area contributed by atoms with E-state index in [9.17, 15) is 22.2 Å². The Hall–Kier alpha value is -2.69. The van der Waals surface area contributed by atoms with E-state index in [1.165, 1.54) is 4.57 Å². The predicted octanol–water partition coefficient (Wildman–Crippen LogP) is 3.32. The topological polar surface area (TPSA) is 81.8 Å². The number of aryl methyl sites for hydroxylation is 1. The molecule has 1 N–H and O–H groups in total. The van der Waals surface area contributed by atoms with Crippen molar-refractivity contribution in [1.29, 1.82) is 0 Å². The number of hydrogen-bond donors (Lipinski definition) is 1. The second kappa shape index (κ2) is 7.22. The average molecular weight is 439 g/mol. The van der Waals surface area contributed by atoms with Gasteiger partial charge in [-0.2, -0.15) is 13.2 Å². The lowest BCUT2D eigenvalue weighted by molar-refractivity contribution is -0.144. The Bertz CT molecular complexity index is 1230. The van der Waals surface area contributed by atoms with Gasteiger partial charge in [-0.15, -0.1) is 0 Å². The number of nitrogens with one attached hydrogen (secondary N) is 1. The first-order valence-electron chi connectivity index (χ1n) is 9.44. The molecule has 30 heavy (non-hydrogen) atoms. The van der Waals surface area contributed by atoms with E-state index in [0.29, 0.717) is 29.3 Å². The van der Waals surface area contributed by atoms with Crippen molar-refractivity contribution in [3.63, 3.8) is 0 Å². The number of aromatic nitrogens is 4. The van der Waals surface area contributed by atoms with Gasteiger partial charge in [-0.05, 0) is 31.0 Å². The summed E-state index contributed by atoms with van der Waals surface area (Å²) >= 11 is 0. The number of hydrogen-bond acceptors (Lipinski definition) is 5. The Morgan fingerprint density at radius 2 is 1.97 bits per heavy atom. The lowest BCUT2D eigenvalue weighted by atomic mass is 10.2. The van der Waals surface area contributed by atoms with Crippen LogP contribution in [0.4, 0.5) is 19.0 Å². The Labute approximate surface area is 172 Å². The highest BCUT2D eigenvalue weighted by atomic mass is 32.2. The highest BCUT2D eigenvalue weighted by Gasteiger charge is 2.40. The number of alkyl halides is 3. The average Bonchev–Trinajstić information content (AvgIpc) is 3.49. The van der Waals surface area contributed by atoms with E-state index in [-0.39, 0.29) is 22.6 Å². The van der Waals surface area contributed by atoms with Gasteiger partial charge in [0.05, 0.1) is 21.2 Å². The van der Waals surface area contributed by atoms with Gasteiger partial charge in [0.2, 0.25) is 0 Å². The highest BCUT2D eigenvalue weighted by molar-refractivity contribution is 7.85. The molecule has 0 aliphatic heterocycles. The summed E-state index contributed by atoms with van der Waals surface area (Å²) in [4.78, 5) is 22.2. The van der Waals surface area contributed by atoms with E-state index in [2.05, 4.69) is 15.3 Å². The molecule has 1 unspecified atom stereocenters. The Kier molecular flexibility index (Phi) is 4.95. The molecule has 0 bridgehead atoms. The molecule has 1 saturated carbocycles. The van der Waals surface area contributed by atoms with Crippen molar-refractivity contribution in [2.75, 3.05) is 18.1 Å². The molecule has 1 aliphatic carbocycles. The van der Waals surface area contributed by atoms with Gasteiger partial charge < -0.3 is 9.88 Å². The smallest absolute Gasteiger partial charge is 0.373 e. The minimum atomic E-state index is -4.67. The fraction of sp³-hybridized carbons (Fsp3) is 0.421. The van der Waals surface area contributed by atoms with Crippen LogP contribution in [0.3, 0.4) is 0 Å². The molecule has 1 fully saturated rings.